The van der Waals surface area contributed by atoms with Crippen molar-refractivity contribution in [3.63, 3.8) is 0 Å². The Kier molecular flexibility index (Phi) is 4.65. The first-order valence-electron chi connectivity index (χ1n) is 5.79. The molecule has 0 spiro atoms. The van der Waals surface area contributed by atoms with Gasteiger partial charge in [-0.3, -0.25) is 0 Å². The molecule has 2 aromatic rings. The molecule has 5 nitrogen and oxygen atoms in total. The molecule has 0 atom stereocenters. The largest absolute Gasteiger partial charge is 0.326 e. The Balaban J connectivity index is 2.05. The Labute approximate surface area is 116 Å². The lowest BCUT2D eigenvalue weighted by Gasteiger charge is -2.09. The highest BCUT2D eigenvalue weighted by Crippen LogP contribution is 2.14. The normalized spacial score (nSPS) is 11.6. The van der Waals surface area contributed by atoms with Gasteiger partial charge in [0.15, 0.2) is 0 Å². The lowest BCUT2D eigenvalue weighted by Crippen LogP contribution is -2.27. The van der Waals surface area contributed by atoms with Crippen LogP contribution in [0.1, 0.15) is 10.6 Å². The zero-order chi connectivity index (χ0) is 13.7. The number of sulfonamides is 1. The zero-order valence-electron chi connectivity index (χ0n) is 10.2. The maximum absolute atomic E-state index is 12.2. The Morgan fingerprint density at radius 3 is 2.79 bits per heavy atom. The first-order chi connectivity index (χ1) is 9.13. The molecule has 0 saturated heterocycles. The van der Waals surface area contributed by atoms with Crippen molar-refractivity contribution in [2.45, 2.75) is 17.9 Å². The van der Waals surface area contributed by atoms with E-state index in [1.807, 2.05) is 5.38 Å². The second-order valence-corrected chi connectivity index (χ2v) is 6.60. The number of hydrogen-bond acceptors (Lipinski definition) is 5. The van der Waals surface area contributed by atoms with Crippen LogP contribution in [0.15, 0.2) is 40.7 Å². The third-order valence-electron chi connectivity index (χ3n) is 2.60. The molecule has 102 valence electrons. The first-order valence-corrected chi connectivity index (χ1v) is 8.16. The monoisotopic (exact) mass is 297 g/mol. The van der Waals surface area contributed by atoms with Gasteiger partial charge in [0.25, 0.3) is 0 Å². The van der Waals surface area contributed by atoms with E-state index in [1.165, 1.54) is 11.3 Å². The minimum atomic E-state index is -3.51. The maximum Gasteiger partial charge on any atom is 0.240 e. The molecule has 2 rings (SSSR count). The molecule has 0 unspecified atom stereocenters. The molecule has 1 aromatic heterocycles. The van der Waals surface area contributed by atoms with Crippen molar-refractivity contribution < 1.29 is 8.42 Å². The fourth-order valence-corrected chi connectivity index (χ4v) is 3.58. The van der Waals surface area contributed by atoms with E-state index in [9.17, 15) is 8.42 Å². The summed E-state index contributed by atoms with van der Waals surface area (Å²) >= 11 is 1.51. The molecule has 7 heteroatoms. The second kappa shape index (κ2) is 6.25. The SMILES string of the molecule is NCc1ccccc1S(=O)(=O)NCCc1nccs1. The van der Waals surface area contributed by atoms with E-state index in [4.69, 9.17) is 5.73 Å². The predicted molar refractivity (Wildman–Crippen MR) is 75.3 cm³/mol. The van der Waals surface area contributed by atoms with Crippen LogP contribution >= 0.6 is 11.3 Å². The molecule has 19 heavy (non-hydrogen) atoms. The Bertz CT molecular complexity index is 624. The van der Waals surface area contributed by atoms with Crippen LogP contribution in [0.3, 0.4) is 0 Å². The van der Waals surface area contributed by atoms with Crippen LogP contribution in [0.5, 0.6) is 0 Å². The van der Waals surface area contributed by atoms with Crippen molar-refractivity contribution in [1.82, 2.24) is 9.71 Å². The number of benzene rings is 1. The van der Waals surface area contributed by atoms with Crippen molar-refractivity contribution in [1.29, 1.82) is 0 Å². The summed E-state index contributed by atoms with van der Waals surface area (Å²) in [5.74, 6) is 0. The van der Waals surface area contributed by atoms with Gasteiger partial charge in [-0.2, -0.15) is 0 Å². The summed E-state index contributed by atoms with van der Waals surface area (Å²) in [7, 11) is -3.51. The molecule has 0 aliphatic heterocycles. The number of hydrogen-bond donors (Lipinski definition) is 2. The van der Waals surface area contributed by atoms with Gasteiger partial charge < -0.3 is 5.73 Å². The van der Waals surface area contributed by atoms with Crippen molar-refractivity contribution in [3.05, 3.63) is 46.4 Å². The van der Waals surface area contributed by atoms with Crippen LogP contribution in [0.25, 0.3) is 0 Å². The molecule has 0 amide bonds. The van der Waals surface area contributed by atoms with Gasteiger partial charge in [0.2, 0.25) is 10.0 Å². The summed E-state index contributed by atoms with van der Waals surface area (Å²) < 4.78 is 26.9. The van der Waals surface area contributed by atoms with Crippen LogP contribution in [-0.2, 0) is 23.0 Å². The van der Waals surface area contributed by atoms with Crippen LogP contribution < -0.4 is 10.5 Å². The predicted octanol–water partition coefficient (Wildman–Crippen LogP) is 1.12. The summed E-state index contributed by atoms with van der Waals surface area (Å²) in [6.45, 7) is 0.526. The van der Waals surface area contributed by atoms with Gasteiger partial charge in [0.1, 0.15) is 0 Å². The smallest absolute Gasteiger partial charge is 0.240 e. The van der Waals surface area contributed by atoms with E-state index in [0.717, 1.165) is 5.01 Å². The third-order valence-corrected chi connectivity index (χ3v) is 5.00. The number of nitrogens with zero attached hydrogens (tertiary/aromatic N) is 1. The molecule has 1 heterocycles. The summed E-state index contributed by atoms with van der Waals surface area (Å²) in [5, 5.41) is 2.78. The highest BCUT2D eigenvalue weighted by molar-refractivity contribution is 7.89. The summed E-state index contributed by atoms with van der Waals surface area (Å²) in [4.78, 5) is 4.35. The molecule has 0 bridgehead atoms. The van der Waals surface area contributed by atoms with E-state index in [0.29, 0.717) is 18.5 Å². The van der Waals surface area contributed by atoms with Crippen molar-refractivity contribution in [3.8, 4) is 0 Å². The van der Waals surface area contributed by atoms with E-state index in [2.05, 4.69) is 9.71 Å². The minimum Gasteiger partial charge on any atom is -0.326 e. The Morgan fingerprint density at radius 2 is 2.11 bits per heavy atom. The van der Waals surface area contributed by atoms with Crippen molar-refractivity contribution >= 4 is 21.4 Å². The van der Waals surface area contributed by atoms with Gasteiger partial charge in [0, 0.05) is 31.1 Å². The molecule has 0 fully saturated rings. The molecular formula is C12H15N3O2S2. The number of nitrogens with two attached hydrogens (primary N) is 1. The summed E-state index contributed by atoms with van der Waals surface area (Å²) in [6.07, 6.45) is 2.29. The van der Waals surface area contributed by atoms with Gasteiger partial charge in [0.05, 0.1) is 9.90 Å². The van der Waals surface area contributed by atoms with Gasteiger partial charge in [-0.1, -0.05) is 18.2 Å². The maximum atomic E-state index is 12.2. The molecule has 1 aromatic carbocycles. The van der Waals surface area contributed by atoms with E-state index in [-0.39, 0.29) is 11.4 Å². The molecule has 0 radical (unpaired) electrons. The number of rotatable bonds is 6. The average molecular weight is 297 g/mol. The molecule has 3 N–H and O–H groups in total. The second-order valence-electron chi connectivity index (χ2n) is 3.89. The van der Waals surface area contributed by atoms with Crippen LogP contribution in [0.4, 0.5) is 0 Å². The van der Waals surface area contributed by atoms with Crippen LogP contribution in [0, 0.1) is 0 Å². The van der Waals surface area contributed by atoms with E-state index >= 15 is 0 Å². The quantitative estimate of drug-likeness (QED) is 0.837. The Morgan fingerprint density at radius 1 is 1.32 bits per heavy atom. The fourth-order valence-electron chi connectivity index (χ4n) is 1.68. The van der Waals surface area contributed by atoms with Gasteiger partial charge in [-0.15, -0.1) is 11.3 Å². The number of nitrogens with one attached hydrogen (secondary N) is 1. The average Bonchev–Trinajstić information content (AvgIpc) is 2.91. The summed E-state index contributed by atoms with van der Waals surface area (Å²) in [6, 6.07) is 6.74. The fraction of sp³-hybridized carbons (Fsp3) is 0.250. The van der Waals surface area contributed by atoms with E-state index < -0.39 is 10.0 Å². The summed E-state index contributed by atoms with van der Waals surface area (Å²) in [5.41, 5.74) is 6.17. The lowest BCUT2D eigenvalue weighted by molar-refractivity contribution is 0.580. The van der Waals surface area contributed by atoms with Crippen LogP contribution in [0.2, 0.25) is 0 Å². The molecular weight excluding hydrogens is 282 g/mol. The standard InChI is InChI=1S/C12H15N3O2S2/c13-9-10-3-1-2-4-11(10)19(16,17)15-6-5-12-14-7-8-18-12/h1-4,7-8,15H,5-6,9,13H2. The highest BCUT2D eigenvalue weighted by Gasteiger charge is 2.16. The van der Waals surface area contributed by atoms with Crippen molar-refractivity contribution in [2.24, 2.45) is 5.73 Å². The zero-order valence-corrected chi connectivity index (χ0v) is 11.9. The van der Waals surface area contributed by atoms with Crippen LogP contribution in [-0.4, -0.2) is 19.9 Å². The molecule has 0 aliphatic rings. The number of aromatic nitrogens is 1. The molecule has 0 saturated carbocycles. The third kappa shape index (κ3) is 3.60. The lowest BCUT2D eigenvalue weighted by atomic mass is 10.2. The Hall–Kier alpha value is -1.28. The number of thiazole rings is 1. The topological polar surface area (TPSA) is 85.1 Å². The van der Waals surface area contributed by atoms with Gasteiger partial charge in [-0.05, 0) is 11.6 Å². The molecule has 0 aliphatic carbocycles. The first kappa shape index (κ1) is 14.1. The van der Waals surface area contributed by atoms with Gasteiger partial charge >= 0.3 is 0 Å². The van der Waals surface area contributed by atoms with Crippen molar-refractivity contribution in [2.75, 3.05) is 6.54 Å². The minimum absolute atomic E-state index is 0.198. The highest BCUT2D eigenvalue weighted by atomic mass is 32.2. The van der Waals surface area contributed by atoms with E-state index in [1.54, 1.807) is 30.5 Å². The van der Waals surface area contributed by atoms with Gasteiger partial charge in [-0.25, -0.2) is 18.1 Å².